The molecule has 2 aromatic heterocycles. The number of benzene rings is 1. The van der Waals surface area contributed by atoms with Gasteiger partial charge in [-0.2, -0.15) is 0 Å². The summed E-state index contributed by atoms with van der Waals surface area (Å²) in [5, 5.41) is 7.14. The molecule has 0 saturated carbocycles. The summed E-state index contributed by atoms with van der Waals surface area (Å²) in [5.41, 5.74) is 0.568. The Bertz CT molecular complexity index is 1220. The van der Waals surface area contributed by atoms with E-state index < -0.39 is 0 Å². The maximum Gasteiger partial charge on any atom is 0.263 e. The van der Waals surface area contributed by atoms with Crippen LogP contribution in [0, 0.1) is 0 Å². The molecule has 8 nitrogen and oxygen atoms in total. The zero-order valence-corrected chi connectivity index (χ0v) is 20.3. The summed E-state index contributed by atoms with van der Waals surface area (Å²) in [7, 11) is 0. The van der Waals surface area contributed by atoms with Gasteiger partial charge in [-0.3, -0.25) is 14.2 Å². The molecule has 1 fully saturated rings. The lowest BCUT2D eigenvalue weighted by Gasteiger charge is -2.23. The van der Waals surface area contributed by atoms with Gasteiger partial charge in [0.25, 0.3) is 5.56 Å². The fraction of sp³-hybridized carbons (Fsp3) is 0.440. The number of rotatable bonds is 8. The Kier molecular flexibility index (Phi) is 7.80. The van der Waals surface area contributed by atoms with E-state index >= 15 is 0 Å². The molecule has 3 aromatic rings. The van der Waals surface area contributed by atoms with Crippen molar-refractivity contribution < 1.29 is 9.53 Å². The third-order valence-electron chi connectivity index (χ3n) is 5.77. The van der Waals surface area contributed by atoms with Gasteiger partial charge in [-0.05, 0) is 57.9 Å². The lowest BCUT2D eigenvalue weighted by Crippen LogP contribution is -2.37. The molecular weight excluding hydrogens is 454 g/mol. The number of piperidine rings is 1. The van der Waals surface area contributed by atoms with E-state index in [1.807, 2.05) is 13.8 Å². The van der Waals surface area contributed by atoms with E-state index in [9.17, 15) is 9.59 Å². The van der Waals surface area contributed by atoms with Crippen molar-refractivity contribution in [3.8, 4) is 17.1 Å². The van der Waals surface area contributed by atoms with Gasteiger partial charge in [0.05, 0.1) is 18.2 Å². The summed E-state index contributed by atoms with van der Waals surface area (Å²) in [5.74, 6) is 0.571. The molecule has 9 heteroatoms. The Morgan fingerprint density at radius 3 is 2.91 bits per heavy atom. The third-order valence-corrected chi connectivity index (χ3v) is 6.00. The number of carbonyl (C=O) groups excluding carboxylic acids is 1. The normalized spacial score (nSPS) is 16.1. The highest BCUT2D eigenvalue weighted by Crippen LogP contribution is 2.23. The second-order valence-electron chi connectivity index (χ2n) is 8.89. The lowest BCUT2D eigenvalue weighted by molar-refractivity contribution is -0.122. The van der Waals surface area contributed by atoms with Gasteiger partial charge >= 0.3 is 0 Å². The van der Waals surface area contributed by atoms with Crippen LogP contribution < -0.4 is 20.9 Å². The maximum atomic E-state index is 13.5. The largest absolute Gasteiger partial charge is 0.492 e. The van der Waals surface area contributed by atoms with Crippen molar-refractivity contribution >= 4 is 28.5 Å². The van der Waals surface area contributed by atoms with Crippen LogP contribution in [0.1, 0.15) is 39.5 Å². The van der Waals surface area contributed by atoms with E-state index in [-0.39, 0.29) is 24.1 Å². The van der Waals surface area contributed by atoms with Gasteiger partial charge < -0.3 is 15.4 Å². The first-order chi connectivity index (χ1) is 16.4. The van der Waals surface area contributed by atoms with Crippen molar-refractivity contribution in [2.45, 2.75) is 58.2 Å². The molecule has 2 N–H and O–H groups in total. The molecule has 1 aliphatic heterocycles. The Balaban J connectivity index is 1.66. The van der Waals surface area contributed by atoms with Gasteiger partial charge in [-0.15, -0.1) is 0 Å². The molecule has 0 bridgehead atoms. The SMILES string of the molecule is CC(C)NC(=O)Cn1c(-c2cccc(Cl)c2)nc2ncc(OCCC3CCCCN3)cc2c1=O. The number of nitrogens with zero attached hydrogens (tertiary/aromatic N) is 3. The molecule has 1 saturated heterocycles. The van der Waals surface area contributed by atoms with E-state index in [2.05, 4.69) is 20.6 Å². The first-order valence-corrected chi connectivity index (χ1v) is 12.1. The summed E-state index contributed by atoms with van der Waals surface area (Å²) in [4.78, 5) is 35.1. The number of pyridine rings is 1. The van der Waals surface area contributed by atoms with Crippen molar-refractivity contribution in [3.63, 3.8) is 0 Å². The Morgan fingerprint density at radius 1 is 1.32 bits per heavy atom. The lowest BCUT2D eigenvalue weighted by atomic mass is 10.0. The van der Waals surface area contributed by atoms with Crippen molar-refractivity contribution in [1.82, 2.24) is 25.2 Å². The topological polar surface area (TPSA) is 98.1 Å². The van der Waals surface area contributed by atoms with Gasteiger partial charge in [0.2, 0.25) is 5.91 Å². The van der Waals surface area contributed by atoms with Crippen LogP contribution in [0.15, 0.2) is 41.3 Å². The number of halogens is 1. The molecule has 1 amide bonds. The second kappa shape index (κ2) is 11.0. The zero-order chi connectivity index (χ0) is 24.1. The molecule has 4 rings (SSSR count). The monoisotopic (exact) mass is 483 g/mol. The number of fused-ring (bicyclic) bond motifs is 1. The predicted molar refractivity (Wildman–Crippen MR) is 133 cm³/mol. The van der Waals surface area contributed by atoms with Gasteiger partial charge in [0.15, 0.2) is 5.65 Å². The molecule has 0 spiro atoms. The molecule has 3 heterocycles. The minimum absolute atomic E-state index is 0.0495. The average Bonchev–Trinajstić information content (AvgIpc) is 2.81. The molecule has 0 aliphatic carbocycles. The van der Waals surface area contributed by atoms with Crippen LogP contribution in [0.2, 0.25) is 5.02 Å². The van der Waals surface area contributed by atoms with Crippen molar-refractivity contribution in [2.75, 3.05) is 13.2 Å². The van der Waals surface area contributed by atoms with Crippen LogP contribution in [0.4, 0.5) is 0 Å². The highest BCUT2D eigenvalue weighted by atomic mass is 35.5. The first-order valence-electron chi connectivity index (χ1n) is 11.7. The van der Waals surface area contributed by atoms with Gasteiger partial charge in [-0.25, -0.2) is 9.97 Å². The van der Waals surface area contributed by atoms with E-state index in [4.69, 9.17) is 16.3 Å². The molecular formula is C25H30ClN5O3. The number of hydrogen-bond acceptors (Lipinski definition) is 6. The van der Waals surface area contributed by atoms with Crippen molar-refractivity contribution in [1.29, 1.82) is 0 Å². The summed E-state index contributed by atoms with van der Waals surface area (Å²) < 4.78 is 7.27. The Labute approximate surface area is 203 Å². The van der Waals surface area contributed by atoms with E-state index in [1.54, 1.807) is 36.5 Å². The molecule has 0 radical (unpaired) electrons. The van der Waals surface area contributed by atoms with Crippen LogP contribution in [0.3, 0.4) is 0 Å². The minimum Gasteiger partial charge on any atom is -0.492 e. The van der Waals surface area contributed by atoms with E-state index in [0.29, 0.717) is 45.8 Å². The van der Waals surface area contributed by atoms with E-state index in [0.717, 1.165) is 19.4 Å². The number of amides is 1. The van der Waals surface area contributed by atoms with Gasteiger partial charge in [0, 0.05) is 22.7 Å². The third kappa shape index (κ3) is 5.93. The molecule has 1 aromatic carbocycles. The highest BCUT2D eigenvalue weighted by Gasteiger charge is 2.18. The number of ether oxygens (including phenoxy) is 1. The van der Waals surface area contributed by atoms with Gasteiger partial charge in [0.1, 0.15) is 18.1 Å². The number of nitrogens with one attached hydrogen (secondary N) is 2. The molecule has 1 atom stereocenters. The second-order valence-corrected chi connectivity index (χ2v) is 9.32. The smallest absolute Gasteiger partial charge is 0.263 e. The Morgan fingerprint density at radius 2 is 2.18 bits per heavy atom. The predicted octanol–water partition coefficient (Wildman–Crippen LogP) is 3.55. The minimum atomic E-state index is -0.356. The fourth-order valence-corrected chi connectivity index (χ4v) is 4.35. The summed E-state index contributed by atoms with van der Waals surface area (Å²) in [6, 6.07) is 9.09. The van der Waals surface area contributed by atoms with E-state index in [1.165, 1.54) is 17.4 Å². The number of carbonyl (C=O) groups is 1. The summed E-state index contributed by atoms with van der Waals surface area (Å²) in [6.07, 6.45) is 6.08. The van der Waals surface area contributed by atoms with Crippen LogP contribution in [-0.2, 0) is 11.3 Å². The van der Waals surface area contributed by atoms with Crippen LogP contribution >= 0.6 is 11.6 Å². The highest BCUT2D eigenvalue weighted by molar-refractivity contribution is 6.30. The average molecular weight is 484 g/mol. The number of hydrogen-bond donors (Lipinski definition) is 2. The molecule has 1 aliphatic rings. The van der Waals surface area contributed by atoms with Crippen LogP contribution in [0.5, 0.6) is 5.75 Å². The first kappa shape index (κ1) is 24.2. The van der Waals surface area contributed by atoms with Gasteiger partial charge in [-0.1, -0.05) is 30.2 Å². The Hall–Kier alpha value is -2.97. The van der Waals surface area contributed by atoms with Crippen LogP contribution in [-0.4, -0.2) is 45.7 Å². The van der Waals surface area contributed by atoms with Crippen molar-refractivity contribution in [2.24, 2.45) is 0 Å². The molecule has 34 heavy (non-hydrogen) atoms. The number of aromatic nitrogens is 3. The maximum absolute atomic E-state index is 13.5. The molecule has 1 unspecified atom stereocenters. The quantitative estimate of drug-likeness (QED) is 0.508. The van der Waals surface area contributed by atoms with Crippen molar-refractivity contribution in [3.05, 3.63) is 51.9 Å². The summed E-state index contributed by atoms with van der Waals surface area (Å²) >= 11 is 6.17. The molecule has 180 valence electrons. The zero-order valence-electron chi connectivity index (χ0n) is 19.5. The fourth-order valence-electron chi connectivity index (χ4n) is 4.16. The summed E-state index contributed by atoms with van der Waals surface area (Å²) in [6.45, 7) is 5.15. The van der Waals surface area contributed by atoms with Crippen LogP contribution in [0.25, 0.3) is 22.4 Å². The standard InChI is InChI=1S/C25H30ClN5O3/c1-16(2)29-22(32)15-31-24(17-6-5-7-18(26)12-17)30-23-21(25(31)33)13-20(14-28-23)34-11-9-19-8-3-4-10-27-19/h5-7,12-14,16,19,27H,3-4,8-11,15H2,1-2H3,(H,29,32).